The summed E-state index contributed by atoms with van der Waals surface area (Å²) < 4.78 is 32.1. The van der Waals surface area contributed by atoms with Gasteiger partial charge in [0.05, 0.1) is 17.7 Å². The van der Waals surface area contributed by atoms with Crippen LogP contribution in [0.2, 0.25) is 0 Å². The number of carboxylic acid groups (broad SMARTS) is 1. The van der Waals surface area contributed by atoms with Gasteiger partial charge < -0.3 is 9.84 Å². The van der Waals surface area contributed by atoms with Crippen molar-refractivity contribution in [2.45, 2.75) is 4.90 Å². The first-order valence-electron chi connectivity index (χ1n) is 6.59. The number of carboxylic acids is 1. The number of hydrogen-bond donors (Lipinski definition) is 2. The summed E-state index contributed by atoms with van der Waals surface area (Å²) in [4.78, 5) is 10.5. The summed E-state index contributed by atoms with van der Waals surface area (Å²) >= 11 is 0. The van der Waals surface area contributed by atoms with Crippen LogP contribution in [0, 0.1) is 0 Å². The first-order valence-corrected chi connectivity index (χ1v) is 8.07. The molecular formula is C16H15NO5S. The zero-order valence-electron chi connectivity index (χ0n) is 12.3. The first-order chi connectivity index (χ1) is 10.9. The second kappa shape index (κ2) is 6.97. The second-order valence-electron chi connectivity index (χ2n) is 4.58. The normalized spacial score (nSPS) is 11.3. The molecule has 23 heavy (non-hydrogen) atoms. The molecule has 0 aliphatic rings. The third kappa shape index (κ3) is 4.58. The Morgan fingerprint density at radius 3 is 2.48 bits per heavy atom. The van der Waals surface area contributed by atoms with Gasteiger partial charge in [-0.25, -0.2) is 13.2 Å². The molecule has 0 bridgehead atoms. The second-order valence-corrected chi connectivity index (χ2v) is 6.26. The standard InChI is InChI=1S/C16H15NO5S/c1-22-14-4-2-3-13(11-14)17-23(20,21)15-8-5-12(6-9-15)7-10-16(18)19/h2-11,17H,1H3,(H,18,19)/b10-7+. The number of methoxy groups -OCH3 is 1. The average Bonchev–Trinajstić information content (AvgIpc) is 2.53. The molecule has 0 atom stereocenters. The van der Waals surface area contributed by atoms with E-state index < -0.39 is 16.0 Å². The molecule has 0 aliphatic heterocycles. The molecule has 7 heteroatoms. The molecule has 0 unspecified atom stereocenters. The fourth-order valence-electron chi connectivity index (χ4n) is 1.83. The van der Waals surface area contributed by atoms with Crippen LogP contribution in [0.5, 0.6) is 5.75 Å². The summed E-state index contributed by atoms with van der Waals surface area (Å²) in [6.07, 6.45) is 2.37. The smallest absolute Gasteiger partial charge is 0.328 e. The van der Waals surface area contributed by atoms with E-state index in [0.29, 0.717) is 17.0 Å². The van der Waals surface area contributed by atoms with Gasteiger partial charge in [-0.3, -0.25) is 4.72 Å². The van der Waals surface area contributed by atoms with Gasteiger partial charge in [0.25, 0.3) is 10.0 Å². The van der Waals surface area contributed by atoms with E-state index >= 15 is 0 Å². The van der Waals surface area contributed by atoms with Crippen LogP contribution in [0.15, 0.2) is 59.5 Å². The van der Waals surface area contributed by atoms with Crippen LogP contribution in [0.25, 0.3) is 6.08 Å². The molecule has 0 aromatic heterocycles. The Balaban J connectivity index is 2.20. The van der Waals surface area contributed by atoms with Crippen molar-refractivity contribution in [1.82, 2.24) is 0 Å². The summed E-state index contributed by atoms with van der Waals surface area (Å²) in [7, 11) is -2.24. The summed E-state index contributed by atoms with van der Waals surface area (Å²) in [6, 6.07) is 12.4. The fraction of sp³-hybridized carbons (Fsp3) is 0.0625. The van der Waals surface area contributed by atoms with Crippen molar-refractivity contribution in [3.8, 4) is 5.75 Å². The third-order valence-corrected chi connectivity index (χ3v) is 4.33. The highest BCUT2D eigenvalue weighted by Crippen LogP contribution is 2.21. The molecule has 0 heterocycles. The van der Waals surface area contributed by atoms with Crippen LogP contribution in [-0.2, 0) is 14.8 Å². The minimum absolute atomic E-state index is 0.0767. The van der Waals surface area contributed by atoms with Crippen LogP contribution < -0.4 is 9.46 Å². The van der Waals surface area contributed by atoms with E-state index in [0.717, 1.165) is 6.08 Å². The minimum atomic E-state index is -3.73. The Hall–Kier alpha value is -2.80. The van der Waals surface area contributed by atoms with E-state index in [2.05, 4.69) is 4.72 Å². The summed E-state index contributed by atoms with van der Waals surface area (Å²) in [5.74, 6) is -0.527. The van der Waals surface area contributed by atoms with Crippen LogP contribution >= 0.6 is 0 Å². The quantitative estimate of drug-likeness (QED) is 0.793. The SMILES string of the molecule is COc1cccc(NS(=O)(=O)c2ccc(/C=C/C(=O)O)cc2)c1. The molecule has 0 aliphatic carbocycles. The highest BCUT2D eigenvalue weighted by atomic mass is 32.2. The first kappa shape index (κ1) is 16.6. The Morgan fingerprint density at radius 2 is 1.87 bits per heavy atom. The maximum absolute atomic E-state index is 12.3. The van der Waals surface area contributed by atoms with Crippen molar-refractivity contribution in [2.24, 2.45) is 0 Å². The summed E-state index contributed by atoms with van der Waals surface area (Å²) in [6.45, 7) is 0. The topological polar surface area (TPSA) is 92.7 Å². The molecule has 2 N–H and O–H groups in total. The number of carbonyl (C=O) groups is 1. The van der Waals surface area contributed by atoms with Crippen LogP contribution in [0.3, 0.4) is 0 Å². The molecule has 2 aromatic carbocycles. The van der Waals surface area contributed by atoms with Gasteiger partial charge in [-0.15, -0.1) is 0 Å². The van der Waals surface area contributed by atoms with Crippen molar-refractivity contribution < 1.29 is 23.1 Å². The lowest BCUT2D eigenvalue weighted by Gasteiger charge is -2.09. The van der Waals surface area contributed by atoms with Gasteiger partial charge in [0.15, 0.2) is 0 Å². The van der Waals surface area contributed by atoms with Crippen molar-refractivity contribution in [1.29, 1.82) is 0 Å². The molecule has 6 nitrogen and oxygen atoms in total. The lowest BCUT2D eigenvalue weighted by Crippen LogP contribution is -2.12. The van der Waals surface area contributed by atoms with Crippen molar-refractivity contribution in [2.75, 3.05) is 11.8 Å². The Morgan fingerprint density at radius 1 is 1.17 bits per heavy atom. The van der Waals surface area contributed by atoms with Crippen LogP contribution in [-0.4, -0.2) is 26.6 Å². The van der Waals surface area contributed by atoms with Crippen molar-refractivity contribution in [3.63, 3.8) is 0 Å². The fourth-order valence-corrected chi connectivity index (χ4v) is 2.88. The van der Waals surface area contributed by atoms with Crippen molar-refractivity contribution >= 4 is 27.8 Å². The highest BCUT2D eigenvalue weighted by molar-refractivity contribution is 7.92. The maximum atomic E-state index is 12.3. The van der Waals surface area contributed by atoms with Gasteiger partial charge >= 0.3 is 5.97 Å². The Bertz CT molecular complexity index is 826. The number of anilines is 1. The number of aliphatic carboxylic acids is 1. The number of sulfonamides is 1. The largest absolute Gasteiger partial charge is 0.497 e. The molecule has 2 aromatic rings. The van der Waals surface area contributed by atoms with E-state index in [4.69, 9.17) is 9.84 Å². The number of hydrogen-bond acceptors (Lipinski definition) is 4. The average molecular weight is 333 g/mol. The Labute approximate surface area is 134 Å². The maximum Gasteiger partial charge on any atom is 0.328 e. The molecule has 2 rings (SSSR count). The molecule has 0 radical (unpaired) electrons. The van der Waals surface area contributed by atoms with Gasteiger partial charge in [0, 0.05) is 12.1 Å². The summed E-state index contributed by atoms with van der Waals surface area (Å²) in [5, 5.41) is 8.56. The lowest BCUT2D eigenvalue weighted by atomic mass is 10.2. The molecule has 0 saturated heterocycles. The minimum Gasteiger partial charge on any atom is -0.497 e. The van der Waals surface area contributed by atoms with E-state index in [9.17, 15) is 13.2 Å². The molecular weight excluding hydrogens is 318 g/mol. The number of ether oxygens (including phenoxy) is 1. The van der Waals surface area contributed by atoms with E-state index in [-0.39, 0.29) is 4.90 Å². The van der Waals surface area contributed by atoms with Gasteiger partial charge in [0.1, 0.15) is 5.75 Å². The predicted octanol–water partition coefficient (Wildman–Crippen LogP) is 2.59. The molecule has 0 spiro atoms. The van der Waals surface area contributed by atoms with E-state index in [1.54, 1.807) is 24.3 Å². The number of benzene rings is 2. The predicted molar refractivity (Wildman–Crippen MR) is 86.9 cm³/mol. The summed E-state index contributed by atoms with van der Waals surface area (Å²) in [5.41, 5.74) is 0.979. The zero-order valence-corrected chi connectivity index (χ0v) is 13.1. The van der Waals surface area contributed by atoms with Crippen LogP contribution in [0.1, 0.15) is 5.56 Å². The lowest BCUT2D eigenvalue weighted by molar-refractivity contribution is -0.131. The molecule has 120 valence electrons. The molecule has 0 fully saturated rings. The number of rotatable bonds is 6. The highest BCUT2D eigenvalue weighted by Gasteiger charge is 2.14. The number of nitrogens with one attached hydrogen (secondary N) is 1. The van der Waals surface area contributed by atoms with Gasteiger partial charge in [0.2, 0.25) is 0 Å². The zero-order chi connectivity index (χ0) is 16.9. The van der Waals surface area contributed by atoms with E-state index in [1.807, 2.05) is 0 Å². The molecule has 0 amide bonds. The van der Waals surface area contributed by atoms with Crippen molar-refractivity contribution in [3.05, 3.63) is 60.2 Å². The van der Waals surface area contributed by atoms with Crippen LogP contribution in [0.4, 0.5) is 5.69 Å². The van der Waals surface area contributed by atoms with Gasteiger partial charge in [-0.1, -0.05) is 18.2 Å². The van der Waals surface area contributed by atoms with Gasteiger partial charge in [-0.05, 0) is 35.9 Å². The monoisotopic (exact) mass is 333 g/mol. The molecule has 0 saturated carbocycles. The van der Waals surface area contributed by atoms with E-state index in [1.165, 1.54) is 37.5 Å². The Kier molecular flexibility index (Phi) is 5.02. The third-order valence-electron chi connectivity index (χ3n) is 2.93. The van der Waals surface area contributed by atoms with Gasteiger partial charge in [-0.2, -0.15) is 0 Å².